The van der Waals surface area contributed by atoms with E-state index in [1.807, 2.05) is 56.3 Å². The summed E-state index contributed by atoms with van der Waals surface area (Å²) >= 11 is 0. The van der Waals surface area contributed by atoms with E-state index in [1.54, 1.807) is 35.4 Å². The topological polar surface area (TPSA) is 70.8 Å². The van der Waals surface area contributed by atoms with E-state index in [1.165, 1.54) is 4.31 Å². The summed E-state index contributed by atoms with van der Waals surface area (Å²) in [6, 6.07) is 20.4. The molecule has 3 rings (SSSR count). The summed E-state index contributed by atoms with van der Waals surface area (Å²) in [6.07, 6.45) is 2.47. The van der Waals surface area contributed by atoms with E-state index in [9.17, 15) is 13.2 Å². The van der Waals surface area contributed by atoms with Crippen molar-refractivity contribution in [2.24, 2.45) is 0 Å². The van der Waals surface area contributed by atoms with Gasteiger partial charge in [-0.3, -0.25) is 4.79 Å². The molecule has 3 aromatic rings. The van der Waals surface area contributed by atoms with Crippen molar-refractivity contribution in [3.05, 3.63) is 89.9 Å². The average molecular weight is 455 g/mol. The van der Waals surface area contributed by atoms with Gasteiger partial charge >= 0.3 is 0 Å². The minimum atomic E-state index is -3.48. The van der Waals surface area contributed by atoms with Crippen molar-refractivity contribution < 1.29 is 17.6 Å². The number of furan rings is 1. The molecule has 0 fully saturated rings. The number of carbonyl (C=O) groups excluding carboxylic acids is 1. The van der Waals surface area contributed by atoms with Gasteiger partial charge in [0.25, 0.3) is 0 Å². The molecule has 1 aromatic heterocycles. The number of hydrogen-bond donors (Lipinski definition) is 0. The summed E-state index contributed by atoms with van der Waals surface area (Å²) in [6.45, 7) is 5.42. The van der Waals surface area contributed by atoms with Crippen LogP contribution >= 0.6 is 0 Å². The molecule has 0 bridgehead atoms. The largest absolute Gasteiger partial charge is 0.467 e. The monoisotopic (exact) mass is 454 g/mol. The maximum atomic E-state index is 13.0. The Bertz CT molecular complexity index is 1070. The highest BCUT2D eigenvalue weighted by atomic mass is 32.2. The Morgan fingerprint density at radius 3 is 2.12 bits per heavy atom. The zero-order chi connectivity index (χ0) is 23.0. The first-order chi connectivity index (χ1) is 15.4. The molecule has 0 atom stereocenters. The molecule has 0 radical (unpaired) electrons. The quantitative estimate of drug-likeness (QED) is 0.429. The van der Waals surface area contributed by atoms with Gasteiger partial charge in [-0.1, -0.05) is 56.3 Å². The van der Waals surface area contributed by atoms with Gasteiger partial charge in [-0.15, -0.1) is 0 Å². The van der Waals surface area contributed by atoms with Gasteiger partial charge < -0.3 is 9.32 Å². The maximum absolute atomic E-state index is 13.0. The Morgan fingerprint density at radius 2 is 1.53 bits per heavy atom. The molecule has 0 saturated carbocycles. The van der Waals surface area contributed by atoms with Crippen LogP contribution in [0.3, 0.4) is 0 Å². The van der Waals surface area contributed by atoms with Gasteiger partial charge in [-0.2, -0.15) is 4.31 Å². The highest BCUT2D eigenvalue weighted by Gasteiger charge is 2.21. The number of amides is 1. The van der Waals surface area contributed by atoms with Crippen molar-refractivity contribution in [1.82, 2.24) is 9.21 Å². The van der Waals surface area contributed by atoms with Gasteiger partial charge in [0.1, 0.15) is 5.76 Å². The van der Waals surface area contributed by atoms with Gasteiger partial charge in [-0.25, -0.2) is 8.42 Å². The van der Waals surface area contributed by atoms with E-state index in [-0.39, 0.29) is 10.8 Å². The van der Waals surface area contributed by atoms with Crippen LogP contribution in [0.5, 0.6) is 0 Å². The van der Waals surface area contributed by atoms with Crippen molar-refractivity contribution in [2.75, 3.05) is 13.1 Å². The third-order valence-electron chi connectivity index (χ3n) is 5.39. The number of aryl methyl sites for hydroxylation is 1. The van der Waals surface area contributed by atoms with E-state index >= 15 is 0 Å². The molecule has 32 heavy (non-hydrogen) atoms. The number of sulfonamides is 1. The molecule has 0 aliphatic heterocycles. The Labute approximate surface area is 190 Å². The van der Waals surface area contributed by atoms with E-state index < -0.39 is 10.0 Å². The van der Waals surface area contributed by atoms with Gasteiger partial charge in [-0.05, 0) is 41.8 Å². The van der Waals surface area contributed by atoms with E-state index in [0.717, 1.165) is 16.9 Å². The molecule has 0 spiro atoms. The summed E-state index contributed by atoms with van der Waals surface area (Å²) in [5, 5.41) is 0. The van der Waals surface area contributed by atoms with Crippen molar-refractivity contribution >= 4 is 15.9 Å². The first-order valence-electron chi connectivity index (χ1n) is 10.9. The van der Waals surface area contributed by atoms with Crippen LogP contribution in [0.2, 0.25) is 0 Å². The fourth-order valence-electron chi connectivity index (χ4n) is 3.58. The molecule has 6 nitrogen and oxygen atoms in total. The van der Waals surface area contributed by atoms with Gasteiger partial charge in [0.2, 0.25) is 15.9 Å². The number of carbonyl (C=O) groups is 1. The first-order valence-corrected chi connectivity index (χ1v) is 12.3. The molecule has 2 aromatic carbocycles. The van der Waals surface area contributed by atoms with Crippen LogP contribution in [-0.4, -0.2) is 36.6 Å². The Hall–Kier alpha value is -2.90. The van der Waals surface area contributed by atoms with E-state index in [2.05, 4.69) is 0 Å². The van der Waals surface area contributed by atoms with Crippen molar-refractivity contribution in [3.63, 3.8) is 0 Å². The van der Waals surface area contributed by atoms with Crippen molar-refractivity contribution in [2.45, 2.75) is 44.7 Å². The van der Waals surface area contributed by atoms with Gasteiger partial charge in [0.15, 0.2) is 0 Å². The summed E-state index contributed by atoms with van der Waals surface area (Å²) in [5.74, 6) is 0.755. The van der Waals surface area contributed by atoms with Crippen LogP contribution in [-0.2, 0) is 34.3 Å². The standard InChI is InChI=1S/C25H30N2O4S/c1-3-27(4-2)32(29,30)24-15-12-21(13-16-24)14-17-25(28)26(20-23-11-8-18-31-23)19-22-9-6-5-7-10-22/h5-13,15-16,18H,3-4,14,17,19-20H2,1-2H3. The van der Waals surface area contributed by atoms with Crippen LogP contribution in [0.1, 0.15) is 37.2 Å². The fourth-order valence-corrected chi connectivity index (χ4v) is 5.03. The molecule has 0 aliphatic rings. The number of hydrogen-bond acceptors (Lipinski definition) is 4. The van der Waals surface area contributed by atoms with Gasteiger partial charge in [0.05, 0.1) is 17.7 Å². The lowest BCUT2D eigenvalue weighted by Gasteiger charge is -2.22. The Kier molecular flexibility index (Phi) is 8.25. The molecular formula is C25H30N2O4S. The zero-order valence-electron chi connectivity index (χ0n) is 18.6. The number of rotatable bonds is 11. The van der Waals surface area contributed by atoms with Crippen molar-refractivity contribution in [1.29, 1.82) is 0 Å². The summed E-state index contributed by atoms with van der Waals surface area (Å²) in [4.78, 5) is 15.1. The lowest BCUT2D eigenvalue weighted by Crippen LogP contribution is -2.30. The van der Waals surface area contributed by atoms with Crippen LogP contribution in [0.4, 0.5) is 0 Å². The number of nitrogens with zero attached hydrogens (tertiary/aromatic N) is 2. The third kappa shape index (κ3) is 6.08. The minimum Gasteiger partial charge on any atom is -0.467 e. The number of benzene rings is 2. The Morgan fingerprint density at radius 1 is 0.844 bits per heavy atom. The van der Waals surface area contributed by atoms with Crippen LogP contribution < -0.4 is 0 Å². The summed E-state index contributed by atoms with van der Waals surface area (Å²) in [5.41, 5.74) is 1.98. The zero-order valence-corrected chi connectivity index (χ0v) is 19.4. The maximum Gasteiger partial charge on any atom is 0.243 e. The summed E-state index contributed by atoms with van der Waals surface area (Å²) < 4.78 is 32.2. The second kappa shape index (κ2) is 11.1. The van der Waals surface area contributed by atoms with Crippen LogP contribution in [0, 0.1) is 0 Å². The lowest BCUT2D eigenvalue weighted by molar-refractivity contribution is -0.132. The van der Waals surface area contributed by atoms with Gasteiger partial charge in [0, 0.05) is 26.1 Å². The Balaban J connectivity index is 1.66. The molecular weight excluding hydrogens is 424 g/mol. The molecule has 7 heteroatoms. The average Bonchev–Trinajstić information content (AvgIpc) is 3.32. The lowest BCUT2D eigenvalue weighted by atomic mass is 10.1. The normalized spacial score (nSPS) is 11.6. The van der Waals surface area contributed by atoms with E-state index in [0.29, 0.717) is 39.0 Å². The second-order valence-corrected chi connectivity index (χ2v) is 9.49. The molecule has 0 saturated heterocycles. The van der Waals surface area contributed by atoms with E-state index in [4.69, 9.17) is 4.42 Å². The SMILES string of the molecule is CCN(CC)S(=O)(=O)c1ccc(CCC(=O)N(Cc2ccccc2)Cc2ccco2)cc1. The minimum absolute atomic E-state index is 0.0186. The molecule has 0 unspecified atom stereocenters. The molecule has 0 aliphatic carbocycles. The second-order valence-electron chi connectivity index (χ2n) is 7.55. The molecule has 0 N–H and O–H groups in total. The predicted molar refractivity (Wildman–Crippen MR) is 124 cm³/mol. The highest BCUT2D eigenvalue weighted by molar-refractivity contribution is 7.89. The highest BCUT2D eigenvalue weighted by Crippen LogP contribution is 2.18. The smallest absolute Gasteiger partial charge is 0.243 e. The van der Waals surface area contributed by atoms with Crippen LogP contribution in [0.25, 0.3) is 0 Å². The van der Waals surface area contributed by atoms with Crippen molar-refractivity contribution in [3.8, 4) is 0 Å². The third-order valence-corrected chi connectivity index (χ3v) is 7.45. The van der Waals surface area contributed by atoms with Crippen LogP contribution in [0.15, 0.2) is 82.3 Å². The first kappa shape index (κ1) is 23.8. The molecule has 1 amide bonds. The molecule has 1 heterocycles. The predicted octanol–water partition coefficient (Wildman–Crippen LogP) is 4.47. The molecule has 170 valence electrons. The fraction of sp³-hybridized carbons (Fsp3) is 0.320. The summed E-state index contributed by atoms with van der Waals surface area (Å²) in [7, 11) is -3.48.